The van der Waals surface area contributed by atoms with Gasteiger partial charge in [0.2, 0.25) is 0 Å². The first-order valence-corrected chi connectivity index (χ1v) is 6.41. The van der Waals surface area contributed by atoms with Crippen LogP contribution in [-0.2, 0) is 0 Å². The summed E-state index contributed by atoms with van der Waals surface area (Å²) in [5.41, 5.74) is 1.25. The number of aliphatic imine (C=N–C) groups is 1. The second-order valence-corrected chi connectivity index (χ2v) is 4.75. The lowest BCUT2D eigenvalue weighted by molar-refractivity contribution is 0.741. The van der Waals surface area contributed by atoms with Crippen LogP contribution in [0.5, 0.6) is 0 Å². The lowest BCUT2D eigenvalue weighted by Crippen LogP contribution is -2.30. The van der Waals surface area contributed by atoms with Crippen LogP contribution in [0.25, 0.3) is 0 Å². The molecule has 0 fully saturated rings. The van der Waals surface area contributed by atoms with Gasteiger partial charge in [0.05, 0.1) is 0 Å². The Balaban J connectivity index is 2.29. The van der Waals surface area contributed by atoms with Gasteiger partial charge in [-0.25, -0.2) is 0 Å². The molecule has 0 amide bonds. The van der Waals surface area contributed by atoms with Crippen molar-refractivity contribution in [3.63, 3.8) is 0 Å². The fourth-order valence-electron chi connectivity index (χ4n) is 1.66. The first kappa shape index (κ1) is 10.6. The van der Waals surface area contributed by atoms with E-state index in [2.05, 4.69) is 41.5 Å². The number of hydrogen-bond donors (Lipinski definition) is 1. The number of hydrogen-bond acceptors (Lipinski definition) is 3. The molecule has 2 nitrogen and oxygen atoms in total. The summed E-state index contributed by atoms with van der Waals surface area (Å²) in [5, 5.41) is 3.37. The smallest absolute Gasteiger partial charge is 0.129 e. The van der Waals surface area contributed by atoms with Crippen molar-refractivity contribution in [2.75, 3.05) is 18.8 Å². The number of benzene rings is 1. The standard InChI is InChI=1S/C12H16N2S/c1-2-15-11-7-4-3-6-10(11)12-13-8-5-9-14-12/h3-4,6-7H,2,5,8-9H2,1H3,(H,13,14). The molecule has 0 spiro atoms. The number of thioether (sulfide) groups is 1. The second kappa shape index (κ2) is 5.21. The molecule has 0 unspecified atom stereocenters. The van der Waals surface area contributed by atoms with Gasteiger partial charge in [-0.3, -0.25) is 4.99 Å². The predicted octanol–water partition coefficient (Wildman–Crippen LogP) is 2.54. The fourth-order valence-corrected chi connectivity index (χ4v) is 2.46. The van der Waals surface area contributed by atoms with E-state index in [1.54, 1.807) is 0 Å². The summed E-state index contributed by atoms with van der Waals surface area (Å²) in [6, 6.07) is 8.48. The molecule has 1 aliphatic heterocycles. The summed E-state index contributed by atoms with van der Waals surface area (Å²) in [7, 11) is 0. The molecule has 0 saturated carbocycles. The van der Waals surface area contributed by atoms with E-state index in [-0.39, 0.29) is 0 Å². The summed E-state index contributed by atoms with van der Waals surface area (Å²) in [5.74, 6) is 2.17. The van der Waals surface area contributed by atoms with Crippen LogP contribution < -0.4 is 5.32 Å². The third kappa shape index (κ3) is 2.53. The van der Waals surface area contributed by atoms with Crippen LogP contribution in [0.15, 0.2) is 34.2 Å². The van der Waals surface area contributed by atoms with E-state index in [4.69, 9.17) is 0 Å². The number of rotatable bonds is 3. The zero-order chi connectivity index (χ0) is 10.5. The van der Waals surface area contributed by atoms with Crippen LogP contribution in [0.3, 0.4) is 0 Å². The first-order valence-electron chi connectivity index (χ1n) is 5.42. The minimum absolute atomic E-state index is 0.952. The molecule has 0 aliphatic carbocycles. The summed E-state index contributed by atoms with van der Waals surface area (Å²) in [4.78, 5) is 5.86. The van der Waals surface area contributed by atoms with Crippen molar-refractivity contribution in [3.05, 3.63) is 29.8 Å². The van der Waals surface area contributed by atoms with Gasteiger partial charge < -0.3 is 5.32 Å². The molecule has 1 aromatic rings. The van der Waals surface area contributed by atoms with Crippen molar-refractivity contribution in [3.8, 4) is 0 Å². The number of nitrogens with one attached hydrogen (secondary N) is 1. The van der Waals surface area contributed by atoms with E-state index in [1.807, 2.05) is 11.8 Å². The summed E-state index contributed by atoms with van der Waals surface area (Å²) >= 11 is 1.87. The molecular formula is C12H16N2S. The molecule has 2 rings (SSSR count). The van der Waals surface area contributed by atoms with E-state index < -0.39 is 0 Å². The second-order valence-electron chi connectivity index (χ2n) is 3.44. The largest absolute Gasteiger partial charge is 0.370 e. The van der Waals surface area contributed by atoms with Crippen molar-refractivity contribution in [2.24, 2.45) is 4.99 Å². The summed E-state index contributed by atoms with van der Waals surface area (Å²) in [6.45, 7) is 4.18. The molecule has 0 atom stereocenters. The predicted molar refractivity (Wildman–Crippen MR) is 66.9 cm³/mol. The molecule has 80 valence electrons. The van der Waals surface area contributed by atoms with Gasteiger partial charge in [-0.1, -0.05) is 25.1 Å². The third-order valence-corrected chi connectivity index (χ3v) is 3.29. The zero-order valence-electron chi connectivity index (χ0n) is 8.99. The Labute approximate surface area is 95.2 Å². The lowest BCUT2D eigenvalue weighted by Gasteiger charge is -2.16. The molecule has 0 saturated heterocycles. The van der Waals surface area contributed by atoms with Crippen LogP contribution >= 0.6 is 11.8 Å². The van der Waals surface area contributed by atoms with Gasteiger partial charge in [0.25, 0.3) is 0 Å². The maximum Gasteiger partial charge on any atom is 0.129 e. The molecule has 1 aromatic carbocycles. The maximum absolute atomic E-state index is 4.53. The quantitative estimate of drug-likeness (QED) is 0.792. The van der Waals surface area contributed by atoms with Gasteiger partial charge in [0.1, 0.15) is 5.84 Å². The lowest BCUT2D eigenvalue weighted by atomic mass is 10.2. The van der Waals surface area contributed by atoms with Crippen molar-refractivity contribution in [2.45, 2.75) is 18.2 Å². The van der Waals surface area contributed by atoms with E-state index in [9.17, 15) is 0 Å². The van der Waals surface area contributed by atoms with Crippen LogP contribution in [-0.4, -0.2) is 24.7 Å². The molecular weight excluding hydrogens is 204 g/mol. The van der Waals surface area contributed by atoms with E-state index in [0.717, 1.165) is 31.1 Å². The molecule has 0 radical (unpaired) electrons. The highest BCUT2D eigenvalue weighted by Crippen LogP contribution is 2.22. The Morgan fingerprint density at radius 1 is 1.40 bits per heavy atom. The van der Waals surface area contributed by atoms with Crippen LogP contribution in [0, 0.1) is 0 Å². The minimum Gasteiger partial charge on any atom is -0.370 e. The Morgan fingerprint density at radius 2 is 2.27 bits per heavy atom. The van der Waals surface area contributed by atoms with Crippen molar-refractivity contribution in [1.29, 1.82) is 0 Å². The average Bonchev–Trinajstić information content (AvgIpc) is 2.31. The molecule has 1 N–H and O–H groups in total. The van der Waals surface area contributed by atoms with E-state index in [1.165, 1.54) is 10.5 Å². The monoisotopic (exact) mass is 220 g/mol. The first-order chi connectivity index (χ1) is 7.42. The molecule has 0 aromatic heterocycles. The molecule has 0 bridgehead atoms. The van der Waals surface area contributed by atoms with Gasteiger partial charge in [-0.05, 0) is 18.2 Å². The van der Waals surface area contributed by atoms with Crippen molar-refractivity contribution in [1.82, 2.24) is 5.32 Å². The van der Waals surface area contributed by atoms with Crippen molar-refractivity contribution < 1.29 is 0 Å². The van der Waals surface area contributed by atoms with Gasteiger partial charge >= 0.3 is 0 Å². The summed E-state index contributed by atoms with van der Waals surface area (Å²) in [6.07, 6.45) is 1.15. The van der Waals surface area contributed by atoms with Crippen molar-refractivity contribution >= 4 is 17.6 Å². The molecule has 1 aliphatic rings. The third-order valence-electron chi connectivity index (χ3n) is 2.34. The Hall–Kier alpha value is -0.960. The topological polar surface area (TPSA) is 24.4 Å². The minimum atomic E-state index is 0.952. The van der Waals surface area contributed by atoms with Gasteiger partial charge in [0.15, 0.2) is 0 Å². The van der Waals surface area contributed by atoms with Gasteiger partial charge in [-0.2, -0.15) is 0 Å². The number of nitrogens with zero attached hydrogens (tertiary/aromatic N) is 1. The summed E-state index contributed by atoms with van der Waals surface area (Å²) < 4.78 is 0. The highest BCUT2D eigenvalue weighted by Gasteiger charge is 2.10. The Morgan fingerprint density at radius 3 is 3.00 bits per heavy atom. The molecule has 3 heteroatoms. The van der Waals surface area contributed by atoms with E-state index >= 15 is 0 Å². The van der Waals surface area contributed by atoms with Gasteiger partial charge in [0, 0.05) is 23.5 Å². The SMILES string of the molecule is CCSc1ccccc1C1=NCCCN1. The van der Waals surface area contributed by atoms with Crippen LogP contribution in [0.1, 0.15) is 18.9 Å². The van der Waals surface area contributed by atoms with Gasteiger partial charge in [-0.15, -0.1) is 11.8 Å². The van der Waals surface area contributed by atoms with Crippen LogP contribution in [0.4, 0.5) is 0 Å². The maximum atomic E-state index is 4.53. The molecule has 15 heavy (non-hydrogen) atoms. The number of amidine groups is 1. The van der Waals surface area contributed by atoms with Crippen LogP contribution in [0.2, 0.25) is 0 Å². The molecule has 1 heterocycles. The average molecular weight is 220 g/mol. The Kier molecular flexibility index (Phi) is 3.67. The zero-order valence-corrected chi connectivity index (χ0v) is 9.81. The Bertz CT molecular complexity index is 360. The fraction of sp³-hybridized carbons (Fsp3) is 0.417. The van der Waals surface area contributed by atoms with E-state index in [0.29, 0.717) is 0 Å². The normalized spacial score (nSPS) is 15.7. The highest BCUT2D eigenvalue weighted by atomic mass is 32.2. The highest BCUT2D eigenvalue weighted by molar-refractivity contribution is 7.99.